The van der Waals surface area contributed by atoms with Crippen molar-refractivity contribution in [1.82, 2.24) is 0 Å². The maximum atomic E-state index is 2.46. The zero-order chi connectivity index (χ0) is 30.1. The first-order valence-corrected chi connectivity index (χ1v) is 15.8. The molecule has 8 aromatic rings. The number of fused-ring (bicyclic) bond motifs is 7. The number of hydrogen-bond donors (Lipinski definition) is 0. The summed E-state index contributed by atoms with van der Waals surface area (Å²) >= 11 is 0. The van der Waals surface area contributed by atoms with Gasteiger partial charge in [0.25, 0.3) is 0 Å². The van der Waals surface area contributed by atoms with Crippen molar-refractivity contribution in [2.75, 3.05) is 0 Å². The number of benzene rings is 8. The van der Waals surface area contributed by atoms with Gasteiger partial charge in [0.1, 0.15) is 0 Å². The van der Waals surface area contributed by atoms with Crippen molar-refractivity contribution in [2.24, 2.45) is 0 Å². The largest absolute Gasteiger partial charge is 0.0622 e. The number of rotatable bonds is 3. The molecule has 45 heavy (non-hydrogen) atoms. The molecule has 0 aromatic heterocycles. The molecule has 0 radical (unpaired) electrons. The first kappa shape index (κ1) is 26.0. The van der Waals surface area contributed by atoms with Gasteiger partial charge in [-0.1, -0.05) is 141 Å². The lowest BCUT2D eigenvalue weighted by Crippen LogP contribution is -2.15. The van der Waals surface area contributed by atoms with E-state index in [0.29, 0.717) is 0 Å². The highest BCUT2D eigenvalue weighted by atomic mass is 14.4. The third-order valence-corrected chi connectivity index (χ3v) is 9.99. The lowest BCUT2D eigenvalue weighted by Gasteiger charge is -2.24. The molecule has 0 aliphatic heterocycles. The Morgan fingerprint density at radius 3 is 1.73 bits per heavy atom. The normalized spacial score (nSPS) is 13.3. The summed E-state index contributed by atoms with van der Waals surface area (Å²) in [5.41, 5.74) is 13.0. The summed E-state index contributed by atoms with van der Waals surface area (Å²) in [5.74, 6) is 0. The Kier molecular flexibility index (Phi) is 5.64. The van der Waals surface area contributed by atoms with Crippen molar-refractivity contribution in [3.63, 3.8) is 0 Å². The van der Waals surface area contributed by atoms with Crippen LogP contribution in [0.15, 0.2) is 158 Å². The van der Waals surface area contributed by atoms with Crippen LogP contribution >= 0.6 is 0 Å². The minimum atomic E-state index is -0.0935. The summed E-state index contributed by atoms with van der Waals surface area (Å²) in [5, 5.41) is 7.73. The zero-order valence-electron chi connectivity index (χ0n) is 25.5. The fourth-order valence-corrected chi connectivity index (χ4v) is 7.72. The third kappa shape index (κ3) is 4.06. The highest BCUT2D eigenvalue weighted by Crippen LogP contribution is 2.52. The van der Waals surface area contributed by atoms with Crippen LogP contribution in [0.25, 0.3) is 76.8 Å². The fraction of sp³-hybridized carbons (Fsp3) is 0.0667. The molecule has 1 aliphatic rings. The molecule has 0 amide bonds. The van der Waals surface area contributed by atoms with Crippen molar-refractivity contribution in [2.45, 2.75) is 19.3 Å². The lowest BCUT2D eigenvalue weighted by atomic mass is 9.79. The van der Waals surface area contributed by atoms with Gasteiger partial charge in [0.05, 0.1) is 0 Å². The van der Waals surface area contributed by atoms with Gasteiger partial charge < -0.3 is 0 Å². The van der Waals surface area contributed by atoms with Gasteiger partial charge in [-0.05, 0) is 118 Å². The Balaban J connectivity index is 1.20. The van der Waals surface area contributed by atoms with E-state index in [9.17, 15) is 0 Å². The van der Waals surface area contributed by atoms with E-state index in [1.54, 1.807) is 0 Å². The predicted molar refractivity (Wildman–Crippen MR) is 193 cm³/mol. The van der Waals surface area contributed by atoms with Crippen LogP contribution in [0.4, 0.5) is 0 Å². The van der Waals surface area contributed by atoms with Gasteiger partial charge in [-0.15, -0.1) is 0 Å². The third-order valence-electron chi connectivity index (χ3n) is 9.99. The average Bonchev–Trinajstić information content (AvgIpc) is 3.33. The molecule has 0 nitrogen and oxygen atoms in total. The minimum absolute atomic E-state index is 0.0935. The van der Waals surface area contributed by atoms with Crippen LogP contribution in [0.5, 0.6) is 0 Å². The van der Waals surface area contributed by atoms with E-state index in [1.165, 1.54) is 88.0 Å². The maximum absolute atomic E-state index is 2.46. The van der Waals surface area contributed by atoms with Gasteiger partial charge in [-0.3, -0.25) is 0 Å². The Labute approximate surface area is 264 Å². The van der Waals surface area contributed by atoms with Crippen molar-refractivity contribution >= 4 is 32.3 Å². The van der Waals surface area contributed by atoms with E-state index in [2.05, 4.69) is 172 Å². The maximum Gasteiger partial charge on any atom is 0.0165 e. The van der Waals surface area contributed by atoms with Crippen LogP contribution in [-0.2, 0) is 5.41 Å². The minimum Gasteiger partial charge on any atom is -0.0622 e. The molecular weight excluding hydrogens is 540 g/mol. The second-order valence-corrected chi connectivity index (χ2v) is 13.0. The summed E-state index contributed by atoms with van der Waals surface area (Å²) in [7, 11) is 0. The Bertz CT molecular complexity index is 2440. The molecule has 0 atom stereocenters. The molecule has 0 saturated heterocycles. The molecule has 0 unspecified atom stereocenters. The Morgan fingerprint density at radius 2 is 0.933 bits per heavy atom. The van der Waals surface area contributed by atoms with E-state index >= 15 is 0 Å². The van der Waals surface area contributed by atoms with Gasteiger partial charge in [-0.2, -0.15) is 0 Å². The van der Waals surface area contributed by atoms with Gasteiger partial charge in [0, 0.05) is 5.41 Å². The van der Waals surface area contributed by atoms with Crippen molar-refractivity contribution < 1.29 is 0 Å². The second-order valence-electron chi connectivity index (χ2n) is 13.0. The van der Waals surface area contributed by atoms with Crippen LogP contribution in [0.3, 0.4) is 0 Å². The summed E-state index contributed by atoms with van der Waals surface area (Å²) in [6.07, 6.45) is 0. The number of hydrogen-bond acceptors (Lipinski definition) is 0. The molecule has 0 heteroatoms. The van der Waals surface area contributed by atoms with Crippen LogP contribution in [0, 0.1) is 0 Å². The van der Waals surface area contributed by atoms with Crippen LogP contribution < -0.4 is 0 Å². The summed E-state index contributed by atoms with van der Waals surface area (Å²) in [6, 6.07) is 58.4. The van der Waals surface area contributed by atoms with E-state index in [0.717, 1.165) is 0 Å². The molecule has 0 heterocycles. The van der Waals surface area contributed by atoms with Crippen LogP contribution in [-0.4, -0.2) is 0 Å². The summed E-state index contributed by atoms with van der Waals surface area (Å²) < 4.78 is 0. The molecule has 0 saturated carbocycles. The molecule has 0 N–H and O–H groups in total. The second kappa shape index (κ2) is 9.78. The SMILES string of the molecule is CC1(C)c2cc(-c3cc(-c4ccc5ccc(-c6ccccc6)cc5c4)cc4ccccc34)ccc2-c2ccc3ccccc3c21. The molecule has 212 valence electrons. The molecule has 1 aliphatic carbocycles. The highest BCUT2D eigenvalue weighted by Gasteiger charge is 2.37. The van der Waals surface area contributed by atoms with Gasteiger partial charge in [-0.25, -0.2) is 0 Å². The summed E-state index contributed by atoms with van der Waals surface area (Å²) in [4.78, 5) is 0. The fourth-order valence-electron chi connectivity index (χ4n) is 7.72. The summed E-state index contributed by atoms with van der Waals surface area (Å²) in [6.45, 7) is 4.78. The van der Waals surface area contributed by atoms with Crippen LogP contribution in [0.2, 0.25) is 0 Å². The lowest BCUT2D eigenvalue weighted by molar-refractivity contribution is 0.666. The van der Waals surface area contributed by atoms with E-state index in [-0.39, 0.29) is 5.41 Å². The van der Waals surface area contributed by atoms with E-state index < -0.39 is 0 Å². The molecular formula is C45H32. The van der Waals surface area contributed by atoms with Crippen molar-refractivity contribution in [3.8, 4) is 44.5 Å². The smallest absolute Gasteiger partial charge is 0.0165 e. The van der Waals surface area contributed by atoms with Crippen molar-refractivity contribution in [1.29, 1.82) is 0 Å². The van der Waals surface area contributed by atoms with Gasteiger partial charge >= 0.3 is 0 Å². The molecule has 0 spiro atoms. The molecule has 8 aromatic carbocycles. The van der Waals surface area contributed by atoms with E-state index in [1.807, 2.05) is 0 Å². The molecule has 0 bridgehead atoms. The molecule has 0 fully saturated rings. The Morgan fingerprint density at radius 1 is 0.333 bits per heavy atom. The monoisotopic (exact) mass is 572 g/mol. The average molecular weight is 573 g/mol. The molecule has 9 rings (SSSR count). The standard InChI is InChI=1S/C45H32/c1-45(2)43-28-35(21-22-40(43)41-23-20-31-12-6-9-15-39(31)44(41)45)42-27-37(26-34-13-7-8-14-38(34)42)33-19-17-30-16-18-32(24-36(30)25-33)29-10-4-3-5-11-29/h3-28H,1-2H3. The Hall–Kier alpha value is -5.46. The van der Waals surface area contributed by atoms with Crippen LogP contribution in [0.1, 0.15) is 25.0 Å². The first-order chi connectivity index (χ1) is 22.0. The van der Waals surface area contributed by atoms with Crippen molar-refractivity contribution in [3.05, 3.63) is 169 Å². The zero-order valence-corrected chi connectivity index (χ0v) is 25.5. The quantitative estimate of drug-likeness (QED) is 0.197. The van der Waals surface area contributed by atoms with E-state index in [4.69, 9.17) is 0 Å². The topological polar surface area (TPSA) is 0 Å². The van der Waals surface area contributed by atoms with Gasteiger partial charge in [0.15, 0.2) is 0 Å². The highest BCUT2D eigenvalue weighted by molar-refractivity contribution is 6.03. The van der Waals surface area contributed by atoms with Gasteiger partial charge in [0.2, 0.25) is 0 Å². The first-order valence-electron chi connectivity index (χ1n) is 15.8. The predicted octanol–water partition coefficient (Wildman–Crippen LogP) is 12.5.